The Morgan fingerprint density at radius 1 is 1.04 bits per heavy atom. The topological polar surface area (TPSA) is 58.8 Å². The Labute approximate surface area is 172 Å². The lowest BCUT2D eigenvalue weighted by Gasteiger charge is -2.36. The molecule has 4 rings (SSSR count). The molecule has 1 saturated heterocycles. The first-order valence-electron chi connectivity index (χ1n) is 9.79. The number of nitrogen functional groups attached to an aromatic ring is 1. The number of benzene rings is 2. The highest BCUT2D eigenvalue weighted by Crippen LogP contribution is 2.35. The van der Waals surface area contributed by atoms with E-state index in [1.807, 2.05) is 23.1 Å². The standard InChI is InChI=1S/C22H27N3O2.ClH/c23-19-7-5-18(6-8-19)22(26)25-14-12-24(13-15-25)11-9-17-10-16-27-21-4-2-1-3-20(17)21;/h1-8,17H,9-16,23H2;1H. The molecular weight excluding hydrogens is 374 g/mol. The van der Waals surface area contributed by atoms with E-state index in [2.05, 4.69) is 23.1 Å². The van der Waals surface area contributed by atoms with E-state index < -0.39 is 0 Å². The van der Waals surface area contributed by atoms with Crippen LogP contribution in [-0.2, 0) is 0 Å². The highest BCUT2D eigenvalue weighted by atomic mass is 35.5. The van der Waals surface area contributed by atoms with Crippen molar-refractivity contribution in [1.82, 2.24) is 9.80 Å². The van der Waals surface area contributed by atoms with E-state index in [4.69, 9.17) is 10.5 Å². The number of nitrogens with zero attached hydrogens (tertiary/aromatic N) is 2. The molecule has 2 N–H and O–H groups in total. The number of para-hydroxylation sites is 1. The monoisotopic (exact) mass is 401 g/mol. The van der Waals surface area contributed by atoms with E-state index >= 15 is 0 Å². The van der Waals surface area contributed by atoms with Gasteiger partial charge >= 0.3 is 0 Å². The van der Waals surface area contributed by atoms with Gasteiger partial charge in [-0.1, -0.05) is 18.2 Å². The third-order valence-corrected chi connectivity index (χ3v) is 5.69. The zero-order valence-corrected chi connectivity index (χ0v) is 16.9. The summed E-state index contributed by atoms with van der Waals surface area (Å²) in [5.41, 5.74) is 8.46. The van der Waals surface area contributed by atoms with E-state index in [1.165, 1.54) is 5.56 Å². The second kappa shape index (κ2) is 9.30. The van der Waals surface area contributed by atoms with Crippen LogP contribution in [0.4, 0.5) is 5.69 Å². The van der Waals surface area contributed by atoms with Gasteiger partial charge in [0.15, 0.2) is 0 Å². The van der Waals surface area contributed by atoms with Crippen molar-refractivity contribution >= 4 is 24.0 Å². The fraction of sp³-hybridized carbons (Fsp3) is 0.409. The number of rotatable bonds is 4. The number of halogens is 1. The first kappa shape index (κ1) is 20.5. The van der Waals surface area contributed by atoms with Crippen molar-refractivity contribution in [3.8, 4) is 5.75 Å². The Kier molecular flexibility index (Phi) is 6.81. The smallest absolute Gasteiger partial charge is 0.253 e. The fourth-order valence-corrected chi connectivity index (χ4v) is 4.04. The minimum absolute atomic E-state index is 0. The Balaban J connectivity index is 0.00000225. The number of piperazine rings is 1. The largest absolute Gasteiger partial charge is 0.493 e. The van der Waals surface area contributed by atoms with Gasteiger partial charge < -0.3 is 15.4 Å². The maximum Gasteiger partial charge on any atom is 0.253 e. The molecule has 1 unspecified atom stereocenters. The molecule has 0 aliphatic carbocycles. The molecule has 0 aromatic heterocycles. The first-order valence-corrected chi connectivity index (χ1v) is 9.79. The molecule has 0 spiro atoms. The van der Waals surface area contributed by atoms with Crippen LogP contribution in [0.15, 0.2) is 48.5 Å². The van der Waals surface area contributed by atoms with Crippen molar-refractivity contribution in [3.05, 3.63) is 59.7 Å². The van der Waals surface area contributed by atoms with Gasteiger partial charge in [0, 0.05) is 37.4 Å². The van der Waals surface area contributed by atoms with Gasteiger partial charge in [0.1, 0.15) is 5.75 Å². The van der Waals surface area contributed by atoms with Crippen LogP contribution in [0.25, 0.3) is 0 Å². The Morgan fingerprint density at radius 2 is 1.75 bits per heavy atom. The molecule has 1 atom stereocenters. The minimum Gasteiger partial charge on any atom is -0.493 e. The van der Waals surface area contributed by atoms with Gasteiger partial charge in [0.05, 0.1) is 6.61 Å². The summed E-state index contributed by atoms with van der Waals surface area (Å²) in [4.78, 5) is 17.0. The van der Waals surface area contributed by atoms with E-state index in [9.17, 15) is 4.79 Å². The number of ether oxygens (including phenoxy) is 1. The number of amides is 1. The SMILES string of the molecule is Cl.Nc1ccc(C(=O)N2CCN(CCC3CCOc4ccccc43)CC2)cc1. The van der Waals surface area contributed by atoms with Crippen LogP contribution in [0.5, 0.6) is 5.75 Å². The molecular formula is C22H28ClN3O2. The van der Waals surface area contributed by atoms with Gasteiger partial charge in [0.2, 0.25) is 0 Å². The van der Waals surface area contributed by atoms with Gasteiger partial charge in [-0.15, -0.1) is 12.4 Å². The molecule has 28 heavy (non-hydrogen) atoms. The van der Waals surface area contributed by atoms with E-state index in [0.29, 0.717) is 11.6 Å². The van der Waals surface area contributed by atoms with Crippen LogP contribution in [0, 0.1) is 0 Å². The summed E-state index contributed by atoms with van der Waals surface area (Å²) in [6, 6.07) is 15.6. The van der Waals surface area contributed by atoms with Crippen molar-refractivity contribution in [2.75, 3.05) is 45.1 Å². The highest BCUT2D eigenvalue weighted by molar-refractivity contribution is 5.94. The third-order valence-electron chi connectivity index (χ3n) is 5.69. The van der Waals surface area contributed by atoms with Crippen molar-refractivity contribution in [2.45, 2.75) is 18.8 Å². The lowest BCUT2D eigenvalue weighted by Crippen LogP contribution is -2.49. The van der Waals surface area contributed by atoms with Gasteiger partial charge in [0.25, 0.3) is 5.91 Å². The number of anilines is 1. The second-order valence-electron chi connectivity index (χ2n) is 7.42. The first-order chi connectivity index (χ1) is 13.2. The molecule has 2 aliphatic rings. The third kappa shape index (κ3) is 4.59. The summed E-state index contributed by atoms with van der Waals surface area (Å²) in [5.74, 6) is 1.73. The number of hydrogen-bond acceptors (Lipinski definition) is 4. The lowest BCUT2D eigenvalue weighted by molar-refractivity contribution is 0.0631. The van der Waals surface area contributed by atoms with E-state index in [0.717, 1.165) is 63.5 Å². The quantitative estimate of drug-likeness (QED) is 0.797. The van der Waals surface area contributed by atoms with Gasteiger partial charge in [-0.2, -0.15) is 0 Å². The molecule has 2 aromatic rings. The number of hydrogen-bond donors (Lipinski definition) is 1. The molecule has 0 bridgehead atoms. The second-order valence-corrected chi connectivity index (χ2v) is 7.42. The minimum atomic E-state index is 0. The lowest BCUT2D eigenvalue weighted by atomic mass is 9.90. The summed E-state index contributed by atoms with van der Waals surface area (Å²) >= 11 is 0. The van der Waals surface area contributed by atoms with Crippen LogP contribution < -0.4 is 10.5 Å². The van der Waals surface area contributed by atoms with Crippen LogP contribution in [0.2, 0.25) is 0 Å². The summed E-state index contributed by atoms with van der Waals surface area (Å²) in [7, 11) is 0. The van der Waals surface area contributed by atoms with Crippen LogP contribution in [0.1, 0.15) is 34.7 Å². The Hall–Kier alpha value is -2.24. The number of carbonyl (C=O) groups excluding carboxylic acids is 1. The molecule has 0 saturated carbocycles. The predicted molar refractivity (Wildman–Crippen MR) is 114 cm³/mol. The maximum absolute atomic E-state index is 12.6. The molecule has 2 aliphatic heterocycles. The molecule has 2 aromatic carbocycles. The summed E-state index contributed by atoms with van der Waals surface area (Å²) in [6.45, 7) is 5.33. The summed E-state index contributed by atoms with van der Waals surface area (Å²) in [5, 5.41) is 0. The Bertz CT molecular complexity index is 789. The molecule has 150 valence electrons. The van der Waals surface area contributed by atoms with E-state index in [1.54, 1.807) is 12.1 Å². The van der Waals surface area contributed by atoms with Crippen LogP contribution in [0.3, 0.4) is 0 Å². The molecule has 0 radical (unpaired) electrons. The number of carbonyl (C=O) groups is 1. The van der Waals surface area contributed by atoms with Crippen molar-refractivity contribution in [3.63, 3.8) is 0 Å². The van der Waals surface area contributed by atoms with Crippen LogP contribution in [-0.4, -0.2) is 55.0 Å². The summed E-state index contributed by atoms with van der Waals surface area (Å²) < 4.78 is 5.77. The zero-order chi connectivity index (χ0) is 18.6. The number of nitrogens with two attached hydrogens (primary N) is 1. The molecule has 6 heteroatoms. The van der Waals surface area contributed by atoms with Gasteiger partial charge in [-0.3, -0.25) is 9.69 Å². The molecule has 2 heterocycles. The molecule has 1 fully saturated rings. The van der Waals surface area contributed by atoms with Gasteiger partial charge in [-0.05, 0) is 61.2 Å². The van der Waals surface area contributed by atoms with Crippen LogP contribution >= 0.6 is 12.4 Å². The van der Waals surface area contributed by atoms with E-state index in [-0.39, 0.29) is 18.3 Å². The average molecular weight is 402 g/mol. The zero-order valence-electron chi connectivity index (χ0n) is 16.0. The fourth-order valence-electron chi connectivity index (χ4n) is 4.04. The number of fused-ring (bicyclic) bond motifs is 1. The molecule has 5 nitrogen and oxygen atoms in total. The van der Waals surface area contributed by atoms with Gasteiger partial charge in [-0.25, -0.2) is 0 Å². The summed E-state index contributed by atoms with van der Waals surface area (Å²) in [6.07, 6.45) is 2.24. The maximum atomic E-state index is 12.6. The predicted octanol–water partition coefficient (Wildman–Crippen LogP) is 3.40. The van der Waals surface area contributed by atoms with Crippen molar-refractivity contribution in [2.24, 2.45) is 0 Å². The molecule has 1 amide bonds. The van der Waals surface area contributed by atoms with Crippen molar-refractivity contribution < 1.29 is 9.53 Å². The highest BCUT2D eigenvalue weighted by Gasteiger charge is 2.25. The van der Waals surface area contributed by atoms with Crippen molar-refractivity contribution in [1.29, 1.82) is 0 Å². The average Bonchev–Trinajstić information content (AvgIpc) is 2.72. The normalized spacial score (nSPS) is 19.3. The Morgan fingerprint density at radius 3 is 2.50 bits per heavy atom.